The van der Waals surface area contributed by atoms with Crippen LogP contribution in [0.3, 0.4) is 0 Å². The number of para-hydroxylation sites is 1. The first-order chi connectivity index (χ1) is 16.6. The van der Waals surface area contributed by atoms with E-state index in [0.717, 1.165) is 62.3 Å². The second kappa shape index (κ2) is 12.1. The number of thioether (sulfide) groups is 1. The minimum Gasteiger partial charge on any atom is -0.494 e. The van der Waals surface area contributed by atoms with Gasteiger partial charge in [0.2, 0.25) is 0 Å². The summed E-state index contributed by atoms with van der Waals surface area (Å²) >= 11 is 1.02. The molecule has 0 atom stereocenters. The number of nitrogens with zero attached hydrogens (tertiary/aromatic N) is 3. The predicted octanol–water partition coefficient (Wildman–Crippen LogP) is 5.46. The van der Waals surface area contributed by atoms with Crippen LogP contribution in [0.25, 0.3) is 6.08 Å². The number of piperazine rings is 1. The first-order valence-electron chi connectivity index (χ1n) is 12.1. The standard InChI is InChI=1S/C27H33N3O3S/c1-2-3-4-8-19-33-24-13-11-22(12-14-24)20-25-26(31)30(27(32)34-25)21-28-15-17-29(18-16-28)23-9-6-5-7-10-23/h5-7,9-14,20H,2-4,8,15-19,21H2,1H3. The highest BCUT2D eigenvalue weighted by molar-refractivity contribution is 8.18. The van der Waals surface area contributed by atoms with Crippen LogP contribution in [0.5, 0.6) is 5.75 Å². The molecule has 0 N–H and O–H groups in total. The lowest BCUT2D eigenvalue weighted by atomic mass is 10.2. The summed E-state index contributed by atoms with van der Waals surface area (Å²) in [6.07, 6.45) is 6.49. The highest BCUT2D eigenvalue weighted by Gasteiger charge is 2.36. The normalized spacial score (nSPS) is 18.2. The Balaban J connectivity index is 1.28. The van der Waals surface area contributed by atoms with E-state index in [1.807, 2.05) is 42.5 Å². The van der Waals surface area contributed by atoms with Gasteiger partial charge in [-0.05, 0) is 54.1 Å². The molecule has 0 unspecified atom stereocenters. The van der Waals surface area contributed by atoms with E-state index in [-0.39, 0.29) is 11.1 Å². The molecule has 0 saturated carbocycles. The van der Waals surface area contributed by atoms with Gasteiger partial charge < -0.3 is 9.64 Å². The minimum absolute atomic E-state index is 0.200. The molecule has 2 fully saturated rings. The number of anilines is 1. The molecule has 180 valence electrons. The third kappa shape index (κ3) is 6.42. The first kappa shape index (κ1) is 24.4. The van der Waals surface area contributed by atoms with E-state index in [1.165, 1.54) is 29.8 Å². The molecule has 0 bridgehead atoms. The maximum atomic E-state index is 12.9. The molecule has 7 heteroatoms. The highest BCUT2D eigenvalue weighted by atomic mass is 32.2. The minimum atomic E-state index is -0.211. The molecular weight excluding hydrogens is 446 g/mol. The van der Waals surface area contributed by atoms with Gasteiger partial charge in [-0.3, -0.25) is 19.4 Å². The number of hydrogen-bond donors (Lipinski definition) is 0. The molecular formula is C27H33N3O3S. The Labute approximate surface area is 206 Å². The van der Waals surface area contributed by atoms with Crippen LogP contribution in [-0.4, -0.2) is 60.4 Å². The fourth-order valence-electron chi connectivity index (χ4n) is 4.14. The zero-order valence-electron chi connectivity index (χ0n) is 19.8. The van der Waals surface area contributed by atoms with Crippen LogP contribution in [-0.2, 0) is 4.79 Å². The summed E-state index contributed by atoms with van der Waals surface area (Å²) in [6.45, 7) is 6.64. The second-order valence-electron chi connectivity index (χ2n) is 8.67. The van der Waals surface area contributed by atoms with E-state index in [2.05, 4.69) is 28.9 Å². The van der Waals surface area contributed by atoms with E-state index >= 15 is 0 Å². The Morgan fingerprint density at radius 3 is 2.35 bits per heavy atom. The SMILES string of the molecule is CCCCCCOc1ccc(C=C2SC(=O)N(CN3CCN(c4ccccc4)CC3)C2=O)cc1. The largest absolute Gasteiger partial charge is 0.494 e. The lowest BCUT2D eigenvalue weighted by Crippen LogP contribution is -2.50. The molecule has 4 rings (SSSR count). The van der Waals surface area contributed by atoms with Crippen LogP contribution in [0.1, 0.15) is 38.2 Å². The Morgan fingerprint density at radius 1 is 0.912 bits per heavy atom. The van der Waals surface area contributed by atoms with Gasteiger partial charge in [-0.15, -0.1) is 0 Å². The van der Waals surface area contributed by atoms with E-state index < -0.39 is 0 Å². The summed E-state index contributed by atoms with van der Waals surface area (Å²) in [5.41, 5.74) is 2.10. The second-order valence-corrected chi connectivity index (χ2v) is 9.66. The number of carbonyl (C=O) groups excluding carboxylic acids is 2. The summed E-state index contributed by atoms with van der Waals surface area (Å²) in [4.78, 5) is 31.8. The maximum absolute atomic E-state index is 12.9. The number of hydrogen-bond acceptors (Lipinski definition) is 6. The van der Waals surface area contributed by atoms with E-state index in [9.17, 15) is 9.59 Å². The molecule has 0 aromatic heterocycles. The number of amides is 2. The Bertz CT molecular complexity index is 986. The number of imide groups is 1. The van der Waals surface area contributed by atoms with Crippen molar-refractivity contribution in [3.8, 4) is 5.75 Å². The molecule has 2 amide bonds. The van der Waals surface area contributed by atoms with Crippen molar-refractivity contribution in [3.63, 3.8) is 0 Å². The Hall–Kier alpha value is -2.77. The van der Waals surface area contributed by atoms with Gasteiger partial charge in [0.1, 0.15) is 5.75 Å². The summed E-state index contributed by atoms with van der Waals surface area (Å²) in [5, 5.41) is -0.200. The van der Waals surface area contributed by atoms with Gasteiger partial charge in [0.25, 0.3) is 11.1 Å². The quantitative estimate of drug-likeness (QED) is 0.333. The maximum Gasteiger partial charge on any atom is 0.294 e. The van der Waals surface area contributed by atoms with E-state index in [0.29, 0.717) is 11.6 Å². The first-order valence-corrected chi connectivity index (χ1v) is 13.0. The highest BCUT2D eigenvalue weighted by Crippen LogP contribution is 2.32. The third-order valence-electron chi connectivity index (χ3n) is 6.15. The summed E-state index contributed by atoms with van der Waals surface area (Å²) < 4.78 is 5.79. The summed E-state index contributed by atoms with van der Waals surface area (Å²) in [7, 11) is 0. The molecule has 2 aliphatic rings. The Kier molecular flexibility index (Phi) is 8.66. The van der Waals surface area contributed by atoms with Crippen LogP contribution in [0.4, 0.5) is 10.5 Å². The number of ether oxygens (including phenoxy) is 1. The molecule has 2 saturated heterocycles. The van der Waals surface area contributed by atoms with Gasteiger partial charge >= 0.3 is 0 Å². The molecule has 2 aromatic carbocycles. The van der Waals surface area contributed by atoms with Crippen LogP contribution in [0.15, 0.2) is 59.5 Å². The molecule has 2 heterocycles. The third-order valence-corrected chi connectivity index (χ3v) is 7.06. The van der Waals surface area contributed by atoms with Crippen molar-refractivity contribution in [1.82, 2.24) is 9.80 Å². The zero-order chi connectivity index (χ0) is 23.8. The lowest BCUT2D eigenvalue weighted by Gasteiger charge is -2.37. The zero-order valence-corrected chi connectivity index (χ0v) is 20.6. The number of unbranched alkanes of at least 4 members (excludes halogenated alkanes) is 3. The van der Waals surface area contributed by atoms with Crippen molar-refractivity contribution in [1.29, 1.82) is 0 Å². The van der Waals surface area contributed by atoms with Gasteiger partial charge in [-0.1, -0.05) is 56.5 Å². The van der Waals surface area contributed by atoms with Gasteiger partial charge in [0, 0.05) is 31.9 Å². The van der Waals surface area contributed by atoms with Crippen molar-refractivity contribution >= 4 is 34.7 Å². The lowest BCUT2D eigenvalue weighted by molar-refractivity contribution is -0.124. The van der Waals surface area contributed by atoms with Crippen molar-refractivity contribution in [2.75, 3.05) is 44.4 Å². The molecule has 0 aliphatic carbocycles. The van der Waals surface area contributed by atoms with Gasteiger partial charge in [0.05, 0.1) is 18.2 Å². The van der Waals surface area contributed by atoms with Crippen molar-refractivity contribution in [3.05, 3.63) is 65.1 Å². The smallest absolute Gasteiger partial charge is 0.294 e. The number of rotatable bonds is 10. The van der Waals surface area contributed by atoms with E-state index in [1.54, 1.807) is 6.08 Å². The van der Waals surface area contributed by atoms with E-state index in [4.69, 9.17) is 4.74 Å². The molecule has 2 aromatic rings. The molecule has 0 spiro atoms. The number of benzene rings is 2. The molecule has 6 nitrogen and oxygen atoms in total. The molecule has 34 heavy (non-hydrogen) atoms. The average Bonchev–Trinajstić information content (AvgIpc) is 3.13. The summed E-state index contributed by atoms with van der Waals surface area (Å²) in [5.74, 6) is 0.619. The fraction of sp³-hybridized carbons (Fsp3) is 0.407. The number of carbonyl (C=O) groups is 2. The topological polar surface area (TPSA) is 53.1 Å². The predicted molar refractivity (Wildman–Crippen MR) is 139 cm³/mol. The van der Waals surface area contributed by atoms with Crippen LogP contribution >= 0.6 is 11.8 Å². The van der Waals surface area contributed by atoms with Gasteiger partial charge in [0.15, 0.2) is 0 Å². The average molecular weight is 480 g/mol. The molecule has 2 aliphatic heterocycles. The van der Waals surface area contributed by atoms with Crippen LogP contribution in [0.2, 0.25) is 0 Å². The monoisotopic (exact) mass is 479 g/mol. The van der Waals surface area contributed by atoms with Crippen molar-refractivity contribution < 1.29 is 14.3 Å². The Morgan fingerprint density at radius 2 is 1.65 bits per heavy atom. The van der Waals surface area contributed by atoms with Gasteiger partial charge in [-0.2, -0.15) is 0 Å². The van der Waals surface area contributed by atoms with Crippen molar-refractivity contribution in [2.45, 2.75) is 32.6 Å². The van der Waals surface area contributed by atoms with Crippen LogP contribution in [0, 0.1) is 0 Å². The summed E-state index contributed by atoms with van der Waals surface area (Å²) in [6, 6.07) is 18.0. The fourth-order valence-corrected chi connectivity index (χ4v) is 4.97. The van der Waals surface area contributed by atoms with Crippen molar-refractivity contribution in [2.24, 2.45) is 0 Å². The van der Waals surface area contributed by atoms with Gasteiger partial charge in [-0.25, -0.2) is 0 Å². The molecule has 0 radical (unpaired) electrons. The van der Waals surface area contributed by atoms with Crippen LogP contribution < -0.4 is 9.64 Å².